The average Bonchev–Trinajstić information content (AvgIpc) is 3.06. The van der Waals surface area contributed by atoms with E-state index in [0.29, 0.717) is 33.7 Å². The minimum atomic E-state index is -0.494. The molecule has 0 aliphatic rings. The number of anilines is 1. The molecule has 164 valence electrons. The van der Waals surface area contributed by atoms with Crippen molar-refractivity contribution in [2.75, 3.05) is 5.32 Å². The lowest BCUT2D eigenvalue weighted by atomic mass is 10.1. The predicted molar refractivity (Wildman–Crippen MR) is 129 cm³/mol. The molecule has 0 atom stereocenters. The largest absolute Gasteiger partial charge is 0.321 e. The van der Waals surface area contributed by atoms with E-state index in [9.17, 15) is 14.9 Å². The number of para-hydroxylation sites is 1. The molecule has 0 fully saturated rings. The highest BCUT2D eigenvalue weighted by Crippen LogP contribution is 2.20. The summed E-state index contributed by atoms with van der Waals surface area (Å²) in [6, 6.07) is 18.4. The standard InChI is InChI=1S/C26H23N5O2/c1-16-9-11-22(12-10-16)29-25(32)21(15-27)14-20-13-17(2)30(18(20)3)31-19(4)28-24-8-6-5-7-23(24)26(31)33/h5-14H,1-4H3,(H,29,32). The van der Waals surface area contributed by atoms with Crippen LogP contribution in [0.15, 0.2) is 65.0 Å². The van der Waals surface area contributed by atoms with Crippen molar-refractivity contribution in [2.45, 2.75) is 27.7 Å². The molecule has 0 radical (unpaired) electrons. The number of hydrogen-bond donors (Lipinski definition) is 1. The van der Waals surface area contributed by atoms with Crippen LogP contribution in [0.25, 0.3) is 17.0 Å². The van der Waals surface area contributed by atoms with Gasteiger partial charge in [-0.2, -0.15) is 9.94 Å². The van der Waals surface area contributed by atoms with Gasteiger partial charge >= 0.3 is 0 Å². The molecule has 0 bridgehead atoms. The molecular weight excluding hydrogens is 414 g/mol. The van der Waals surface area contributed by atoms with E-state index in [0.717, 1.165) is 11.3 Å². The number of carbonyl (C=O) groups is 1. The van der Waals surface area contributed by atoms with Crippen molar-refractivity contribution in [1.29, 1.82) is 5.26 Å². The molecule has 4 rings (SSSR count). The first-order chi connectivity index (χ1) is 15.8. The maximum Gasteiger partial charge on any atom is 0.280 e. The number of fused-ring (bicyclic) bond motifs is 1. The van der Waals surface area contributed by atoms with Crippen molar-refractivity contribution >= 4 is 28.6 Å². The molecule has 0 unspecified atom stereocenters. The van der Waals surface area contributed by atoms with Gasteiger partial charge in [0.2, 0.25) is 0 Å². The van der Waals surface area contributed by atoms with Gasteiger partial charge in [-0.05, 0) is 69.7 Å². The van der Waals surface area contributed by atoms with Crippen LogP contribution in [0.2, 0.25) is 0 Å². The van der Waals surface area contributed by atoms with Crippen LogP contribution in [0.5, 0.6) is 0 Å². The molecule has 33 heavy (non-hydrogen) atoms. The van der Waals surface area contributed by atoms with Crippen LogP contribution >= 0.6 is 0 Å². The van der Waals surface area contributed by atoms with E-state index in [1.165, 1.54) is 10.8 Å². The number of nitriles is 1. The third-order valence-electron chi connectivity index (χ3n) is 5.52. The normalized spacial score (nSPS) is 11.4. The van der Waals surface area contributed by atoms with Crippen LogP contribution < -0.4 is 10.9 Å². The minimum Gasteiger partial charge on any atom is -0.321 e. The maximum atomic E-state index is 13.2. The monoisotopic (exact) mass is 437 g/mol. The van der Waals surface area contributed by atoms with Gasteiger partial charge in [-0.15, -0.1) is 0 Å². The number of aromatic nitrogens is 3. The summed E-state index contributed by atoms with van der Waals surface area (Å²) in [5.74, 6) is 0.0422. The number of benzene rings is 2. The Hall–Kier alpha value is -4.44. The Bertz CT molecular complexity index is 1520. The number of amides is 1. The molecule has 0 saturated carbocycles. The number of hydrogen-bond acceptors (Lipinski definition) is 4. The van der Waals surface area contributed by atoms with Gasteiger partial charge < -0.3 is 5.32 Å². The van der Waals surface area contributed by atoms with Gasteiger partial charge in [-0.1, -0.05) is 29.8 Å². The summed E-state index contributed by atoms with van der Waals surface area (Å²) in [5, 5.41) is 12.9. The summed E-state index contributed by atoms with van der Waals surface area (Å²) >= 11 is 0. The third kappa shape index (κ3) is 4.06. The average molecular weight is 438 g/mol. The lowest BCUT2D eigenvalue weighted by Gasteiger charge is -2.16. The third-order valence-corrected chi connectivity index (χ3v) is 5.52. The smallest absolute Gasteiger partial charge is 0.280 e. The van der Waals surface area contributed by atoms with Crippen LogP contribution in [0.1, 0.15) is 28.3 Å². The highest BCUT2D eigenvalue weighted by atomic mass is 16.2. The molecule has 0 aliphatic heterocycles. The Balaban J connectivity index is 1.76. The second-order valence-electron chi connectivity index (χ2n) is 7.92. The van der Waals surface area contributed by atoms with Crippen LogP contribution in [0, 0.1) is 39.0 Å². The molecule has 0 saturated heterocycles. The van der Waals surface area contributed by atoms with Crippen LogP contribution in [-0.2, 0) is 4.79 Å². The van der Waals surface area contributed by atoms with E-state index in [-0.39, 0.29) is 11.1 Å². The number of nitrogens with zero attached hydrogens (tertiary/aromatic N) is 4. The lowest BCUT2D eigenvalue weighted by Crippen LogP contribution is -2.30. The molecule has 7 heteroatoms. The van der Waals surface area contributed by atoms with Gasteiger partial charge in [0, 0.05) is 17.1 Å². The highest BCUT2D eigenvalue weighted by Gasteiger charge is 2.17. The first kappa shape index (κ1) is 21.8. The fourth-order valence-corrected chi connectivity index (χ4v) is 3.84. The lowest BCUT2D eigenvalue weighted by molar-refractivity contribution is -0.112. The molecule has 0 aliphatic carbocycles. The van der Waals surface area contributed by atoms with E-state index in [4.69, 9.17) is 0 Å². The van der Waals surface area contributed by atoms with Crippen LogP contribution in [0.3, 0.4) is 0 Å². The van der Waals surface area contributed by atoms with Crippen molar-refractivity contribution in [3.63, 3.8) is 0 Å². The second-order valence-corrected chi connectivity index (χ2v) is 7.92. The Kier molecular flexibility index (Phi) is 5.67. The summed E-state index contributed by atoms with van der Waals surface area (Å²) in [6.45, 7) is 7.44. The molecule has 7 nitrogen and oxygen atoms in total. The zero-order valence-corrected chi connectivity index (χ0v) is 18.9. The van der Waals surface area contributed by atoms with Gasteiger partial charge in [-0.3, -0.25) is 14.3 Å². The van der Waals surface area contributed by atoms with Crippen molar-refractivity contribution in [1.82, 2.24) is 14.3 Å². The van der Waals surface area contributed by atoms with Crippen molar-refractivity contribution in [3.05, 3.63) is 98.9 Å². The van der Waals surface area contributed by atoms with Gasteiger partial charge in [0.05, 0.1) is 10.9 Å². The van der Waals surface area contributed by atoms with Crippen molar-refractivity contribution < 1.29 is 4.79 Å². The topological polar surface area (TPSA) is 92.7 Å². The maximum absolute atomic E-state index is 13.2. The number of rotatable bonds is 4. The Morgan fingerprint density at radius 3 is 2.42 bits per heavy atom. The summed E-state index contributed by atoms with van der Waals surface area (Å²) in [4.78, 5) is 30.5. The molecule has 2 heterocycles. The van der Waals surface area contributed by atoms with Gasteiger partial charge in [-0.25, -0.2) is 4.98 Å². The zero-order chi connectivity index (χ0) is 23.7. The molecule has 1 N–H and O–H groups in total. The van der Waals surface area contributed by atoms with Gasteiger partial charge in [0.1, 0.15) is 17.5 Å². The summed E-state index contributed by atoms with van der Waals surface area (Å²) in [6.07, 6.45) is 1.54. The van der Waals surface area contributed by atoms with Gasteiger partial charge in [0.25, 0.3) is 11.5 Å². The van der Waals surface area contributed by atoms with E-state index in [2.05, 4.69) is 10.3 Å². The number of nitrogens with one attached hydrogen (secondary N) is 1. The minimum absolute atomic E-state index is 0.0310. The van der Waals surface area contributed by atoms with E-state index in [1.54, 1.807) is 35.9 Å². The first-order valence-electron chi connectivity index (χ1n) is 10.5. The van der Waals surface area contributed by atoms with Crippen LogP contribution in [-0.4, -0.2) is 20.2 Å². The number of carbonyl (C=O) groups excluding carboxylic acids is 1. The van der Waals surface area contributed by atoms with Crippen molar-refractivity contribution in [3.8, 4) is 6.07 Å². The molecule has 2 aromatic carbocycles. The number of aryl methyl sites for hydroxylation is 3. The molecule has 2 aromatic heterocycles. The van der Waals surface area contributed by atoms with Crippen molar-refractivity contribution in [2.24, 2.45) is 0 Å². The summed E-state index contributed by atoms with van der Waals surface area (Å²) in [5.41, 5.74) is 4.26. The van der Waals surface area contributed by atoms with E-state index >= 15 is 0 Å². The van der Waals surface area contributed by atoms with E-state index < -0.39 is 5.91 Å². The first-order valence-corrected chi connectivity index (χ1v) is 10.5. The molecule has 1 amide bonds. The SMILES string of the molecule is Cc1ccc(NC(=O)C(C#N)=Cc2cc(C)n(-n3c(C)nc4ccccc4c3=O)c2C)cc1. The highest BCUT2D eigenvalue weighted by molar-refractivity contribution is 6.09. The zero-order valence-electron chi connectivity index (χ0n) is 18.9. The molecule has 0 spiro atoms. The fourth-order valence-electron chi connectivity index (χ4n) is 3.84. The Morgan fingerprint density at radius 2 is 1.73 bits per heavy atom. The quantitative estimate of drug-likeness (QED) is 0.381. The Labute approximate surface area is 191 Å². The predicted octanol–water partition coefficient (Wildman–Crippen LogP) is 4.29. The fraction of sp³-hybridized carbons (Fsp3) is 0.154. The molecular formula is C26H23N5O2. The van der Waals surface area contributed by atoms with E-state index in [1.807, 2.05) is 57.2 Å². The van der Waals surface area contributed by atoms with Crippen LogP contribution in [0.4, 0.5) is 5.69 Å². The summed E-state index contributed by atoms with van der Waals surface area (Å²) in [7, 11) is 0. The van der Waals surface area contributed by atoms with Gasteiger partial charge in [0.15, 0.2) is 0 Å². The Morgan fingerprint density at radius 1 is 1.03 bits per heavy atom. The summed E-state index contributed by atoms with van der Waals surface area (Å²) < 4.78 is 3.28. The second kappa shape index (κ2) is 8.60. The molecule has 4 aromatic rings.